The monoisotopic (exact) mass is 271 g/mol. The van der Waals surface area contributed by atoms with E-state index in [-0.39, 0.29) is 0 Å². The molecule has 2 aromatic heterocycles. The fraction of sp³-hybridized carbons (Fsp3) is 0.533. The molecular formula is C15H21N5. The van der Waals surface area contributed by atoms with E-state index in [2.05, 4.69) is 28.2 Å². The van der Waals surface area contributed by atoms with E-state index in [0.29, 0.717) is 6.04 Å². The van der Waals surface area contributed by atoms with Crippen LogP contribution in [-0.4, -0.2) is 24.8 Å². The first-order chi connectivity index (χ1) is 9.86. The largest absolute Gasteiger partial charge is 0.268 e. The summed E-state index contributed by atoms with van der Waals surface area (Å²) >= 11 is 0. The van der Waals surface area contributed by atoms with Gasteiger partial charge in [0.2, 0.25) is 0 Å². The van der Waals surface area contributed by atoms with Crippen molar-refractivity contribution >= 4 is 0 Å². The van der Waals surface area contributed by atoms with Crippen LogP contribution in [0, 0.1) is 0 Å². The molecule has 0 unspecified atom stereocenters. The third-order valence-corrected chi connectivity index (χ3v) is 3.95. The van der Waals surface area contributed by atoms with E-state index in [1.54, 1.807) is 0 Å². The summed E-state index contributed by atoms with van der Waals surface area (Å²) in [6.07, 6.45) is 15.5. The van der Waals surface area contributed by atoms with Crippen LogP contribution in [-0.2, 0) is 6.54 Å². The summed E-state index contributed by atoms with van der Waals surface area (Å²) in [5.74, 6) is 0. The maximum atomic E-state index is 4.32. The fourth-order valence-electron chi connectivity index (χ4n) is 2.84. The van der Waals surface area contributed by atoms with Crippen molar-refractivity contribution in [2.75, 3.05) is 0 Å². The zero-order valence-corrected chi connectivity index (χ0v) is 11.8. The van der Waals surface area contributed by atoms with Crippen LogP contribution in [0.5, 0.6) is 0 Å². The van der Waals surface area contributed by atoms with Crippen molar-refractivity contribution in [2.24, 2.45) is 0 Å². The lowest BCUT2D eigenvalue weighted by Crippen LogP contribution is -2.08. The van der Waals surface area contributed by atoms with Crippen molar-refractivity contribution in [3.63, 3.8) is 0 Å². The maximum Gasteiger partial charge on any atom is 0.116 e. The highest BCUT2D eigenvalue weighted by Gasteiger charge is 2.16. The Labute approximate surface area is 119 Å². The van der Waals surface area contributed by atoms with Crippen molar-refractivity contribution in [2.45, 2.75) is 51.1 Å². The molecule has 0 aliphatic heterocycles. The fourth-order valence-corrected chi connectivity index (χ4v) is 2.84. The zero-order chi connectivity index (χ0) is 13.8. The van der Waals surface area contributed by atoms with Gasteiger partial charge in [0.25, 0.3) is 0 Å². The van der Waals surface area contributed by atoms with E-state index in [9.17, 15) is 0 Å². The standard InChI is InChI=1S/C15H21N5/c1-2-9-19-11-13(10-16-19)15-12-20(18-17-15)14-7-5-3-4-6-8-14/h2,10-12,14H,1,3-9H2. The van der Waals surface area contributed by atoms with Crippen molar-refractivity contribution < 1.29 is 0 Å². The molecule has 3 rings (SSSR count). The van der Waals surface area contributed by atoms with E-state index in [1.165, 1.54) is 38.5 Å². The van der Waals surface area contributed by atoms with Crippen LogP contribution in [0.3, 0.4) is 0 Å². The minimum atomic E-state index is 0.516. The lowest BCUT2D eigenvalue weighted by atomic mass is 10.1. The molecule has 0 atom stereocenters. The Morgan fingerprint density at radius 2 is 2.00 bits per heavy atom. The average Bonchev–Trinajstić information content (AvgIpc) is 3.03. The molecule has 20 heavy (non-hydrogen) atoms. The number of nitrogens with zero attached hydrogens (tertiary/aromatic N) is 5. The number of allylic oxidation sites excluding steroid dienone is 1. The molecule has 1 fully saturated rings. The zero-order valence-electron chi connectivity index (χ0n) is 11.8. The highest BCUT2D eigenvalue weighted by Crippen LogP contribution is 2.27. The molecule has 5 nitrogen and oxygen atoms in total. The van der Waals surface area contributed by atoms with Gasteiger partial charge in [0.05, 0.1) is 25.0 Å². The van der Waals surface area contributed by atoms with Crippen LogP contribution in [0.1, 0.15) is 44.6 Å². The molecule has 106 valence electrons. The van der Waals surface area contributed by atoms with Crippen molar-refractivity contribution in [1.82, 2.24) is 24.8 Å². The molecule has 0 aromatic carbocycles. The van der Waals surface area contributed by atoms with Gasteiger partial charge in [-0.3, -0.25) is 4.68 Å². The molecule has 0 bridgehead atoms. The summed E-state index contributed by atoms with van der Waals surface area (Å²) in [7, 11) is 0. The summed E-state index contributed by atoms with van der Waals surface area (Å²) in [6.45, 7) is 4.44. The van der Waals surface area contributed by atoms with Gasteiger partial charge in [0.15, 0.2) is 0 Å². The lowest BCUT2D eigenvalue weighted by Gasteiger charge is -2.12. The first-order valence-electron chi connectivity index (χ1n) is 7.42. The molecule has 5 heteroatoms. The second-order valence-corrected chi connectivity index (χ2v) is 5.47. The van der Waals surface area contributed by atoms with E-state index in [4.69, 9.17) is 0 Å². The molecule has 0 saturated heterocycles. The minimum absolute atomic E-state index is 0.516. The Balaban J connectivity index is 1.76. The van der Waals surface area contributed by atoms with Gasteiger partial charge in [-0.15, -0.1) is 11.7 Å². The van der Waals surface area contributed by atoms with Crippen LogP contribution < -0.4 is 0 Å². The van der Waals surface area contributed by atoms with Gasteiger partial charge in [-0.25, -0.2) is 4.68 Å². The molecule has 1 aliphatic rings. The molecule has 1 aliphatic carbocycles. The molecule has 0 radical (unpaired) electrons. The molecule has 1 saturated carbocycles. The first-order valence-corrected chi connectivity index (χ1v) is 7.42. The smallest absolute Gasteiger partial charge is 0.116 e. The first kappa shape index (κ1) is 13.1. The van der Waals surface area contributed by atoms with Gasteiger partial charge < -0.3 is 0 Å². The Hall–Kier alpha value is -1.91. The van der Waals surface area contributed by atoms with E-state index in [1.807, 2.05) is 27.8 Å². The van der Waals surface area contributed by atoms with E-state index < -0.39 is 0 Å². The third kappa shape index (κ3) is 2.81. The van der Waals surface area contributed by atoms with Crippen LogP contribution in [0.15, 0.2) is 31.2 Å². The summed E-state index contributed by atoms with van der Waals surface area (Å²) in [6, 6.07) is 0.516. The van der Waals surface area contributed by atoms with Gasteiger partial charge in [-0.1, -0.05) is 37.0 Å². The van der Waals surface area contributed by atoms with Crippen LogP contribution in [0.2, 0.25) is 0 Å². The SMILES string of the molecule is C=CCn1cc(-c2cn(C3CCCCCC3)nn2)cn1. The van der Waals surface area contributed by atoms with Gasteiger partial charge in [0, 0.05) is 11.8 Å². The topological polar surface area (TPSA) is 48.5 Å². The number of aromatic nitrogens is 5. The Morgan fingerprint density at radius 3 is 2.75 bits per heavy atom. The molecule has 0 spiro atoms. The summed E-state index contributed by atoms with van der Waals surface area (Å²) in [4.78, 5) is 0. The average molecular weight is 271 g/mol. The van der Waals surface area contributed by atoms with E-state index >= 15 is 0 Å². The molecule has 0 N–H and O–H groups in total. The van der Waals surface area contributed by atoms with Crippen LogP contribution >= 0.6 is 0 Å². The summed E-state index contributed by atoms with van der Waals surface area (Å²) < 4.78 is 3.90. The Bertz CT molecular complexity index is 560. The molecule has 0 amide bonds. The van der Waals surface area contributed by atoms with Crippen LogP contribution in [0.25, 0.3) is 11.3 Å². The second kappa shape index (κ2) is 6.03. The normalized spacial score (nSPS) is 17.0. The molecule has 2 aromatic rings. The highest BCUT2D eigenvalue weighted by molar-refractivity contribution is 5.55. The lowest BCUT2D eigenvalue weighted by molar-refractivity contribution is 0.396. The van der Waals surface area contributed by atoms with Gasteiger partial charge in [-0.2, -0.15) is 5.10 Å². The summed E-state index contributed by atoms with van der Waals surface area (Å²) in [5, 5.41) is 12.9. The number of hydrogen-bond donors (Lipinski definition) is 0. The van der Waals surface area contributed by atoms with Gasteiger partial charge >= 0.3 is 0 Å². The van der Waals surface area contributed by atoms with Crippen LogP contribution in [0.4, 0.5) is 0 Å². The van der Waals surface area contributed by atoms with Gasteiger partial charge in [-0.05, 0) is 12.8 Å². The molecule has 2 heterocycles. The van der Waals surface area contributed by atoms with Crippen molar-refractivity contribution in [1.29, 1.82) is 0 Å². The minimum Gasteiger partial charge on any atom is -0.268 e. The Kier molecular flexibility index (Phi) is 3.95. The van der Waals surface area contributed by atoms with Gasteiger partial charge in [0.1, 0.15) is 5.69 Å². The van der Waals surface area contributed by atoms with Crippen molar-refractivity contribution in [3.8, 4) is 11.3 Å². The van der Waals surface area contributed by atoms with Crippen molar-refractivity contribution in [3.05, 3.63) is 31.2 Å². The number of rotatable bonds is 4. The predicted octanol–water partition coefficient (Wildman–Crippen LogP) is 3.22. The Morgan fingerprint density at radius 1 is 1.20 bits per heavy atom. The summed E-state index contributed by atoms with van der Waals surface area (Å²) in [5.41, 5.74) is 1.93. The second-order valence-electron chi connectivity index (χ2n) is 5.47. The van der Waals surface area contributed by atoms with E-state index in [0.717, 1.165) is 17.8 Å². The predicted molar refractivity (Wildman–Crippen MR) is 78.2 cm³/mol. The highest BCUT2D eigenvalue weighted by atomic mass is 15.4. The maximum absolute atomic E-state index is 4.32. The molecular weight excluding hydrogens is 250 g/mol. The third-order valence-electron chi connectivity index (χ3n) is 3.95. The quantitative estimate of drug-likeness (QED) is 0.633. The number of hydrogen-bond acceptors (Lipinski definition) is 3.